The summed E-state index contributed by atoms with van der Waals surface area (Å²) in [4.78, 5) is 4.03. The van der Waals surface area contributed by atoms with E-state index >= 15 is 0 Å². The SMILES string of the molecule is COc1cc(CNn2c(-c3ccncc3)n[nH]c2=S)c(Br)cc1OCc1ccccc1F. The number of pyridine rings is 1. The minimum absolute atomic E-state index is 0.0898. The number of hydrogen-bond acceptors (Lipinski definition) is 6. The van der Waals surface area contributed by atoms with Gasteiger partial charge >= 0.3 is 0 Å². The van der Waals surface area contributed by atoms with Gasteiger partial charge in [-0.1, -0.05) is 34.1 Å². The van der Waals surface area contributed by atoms with Gasteiger partial charge in [0.2, 0.25) is 4.77 Å². The Kier molecular flexibility index (Phi) is 6.81. The lowest BCUT2D eigenvalue weighted by atomic mass is 10.2. The number of benzene rings is 2. The van der Waals surface area contributed by atoms with E-state index in [0.29, 0.717) is 34.2 Å². The molecule has 0 unspecified atom stereocenters. The fraction of sp³-hybridized carbons (Fsp3) is 0.136. The van der Waals surface area contributed by atoms with Crippen LogP contribution in [-0.2, 0) is 13.2 Å². The summed E-state index contributed by atoms with van der Waals surface area (Å²) < 4.78 is 28.1. The zero-order valence-electron chi connectivity index (χ0n) is 17.0. The van der Waals surface area contributed by atoms with Crippen LogP contribution in [0.15, 0.2) is 65.4 Å². The third kappa shape index (κ3) is 4.81. The first kappa shape index (κ1) is 22.0. The van der Waals surface area contributed by atoms with Crippen molar-refractivity contribution in [2.45, 2.75) is 13.2 Å². The Bertz CT molecular complexity index is 1280. The highest BCUT2D eigenvalue weighted by Gasteiger charge is 2.13. The number of aromatic nitrogens is 4. The number of halogens is 2. The molecule has 0 aliphatic rings. The molecule has 0 radical (unpaired) electrons. The third-order valence-corrected chi connectivity index (χ3v) is 5.72. The van der Waals surface area contributed by atoms with E-state index in [1.54, 1.807) is 48.4 Å². The number of rotatable bonds is 8. The first-order valence-corrected chi connectivity index (χ1v) is 10.8. The van der Waals surface area contributed by atoms with Crippen LogP contribution in [0.25, 0.3) is 11.4 Å². The van der Waals surface area contributed by atoms with Crippen molar-refractivity contribution in [3.8, 4) is 22.9 Å². The molecule has 0 saturated carbocycles. The van der Waals surface area contributed by atoms with Gasteiger partial charge in [0.05, 0.1) is 13.7 Å². The third-order valence-electron chi connectivity index (χ3n) is 4.71. The first-order valence-electron chi connectivity index (χ1n) is 9.61. The molecule has 2 aromatic carbocycles. The molecule has 4 aromatic rings. The molecule has 0 spiro atoms. The molecule has 10 heteroatoms. The Balaban J connectivity index is 1.53. The van der Waals surface area contributed by atoms with Gasteiger partial charge in [0.25, 0.3) is 0 Å². The van der Waals surface area contributed by atoms with Crippen LogP contribution in [0.1, 0.15) is 11.1 Å². The molecule has 0 fully saturated rings. The van der Waals surface area contributed by atoms with Crippen molar-refractivity contribution in [2.75, 3.05) is 12.5 Å². The summed E-state index contributed by atoms with van der Waals surface area (Å²) >= 11 is 8.94. The van der Waals surface area contributed by atoms with Gasteiger partial charge in [0.1, 0.15) is 12.4 Å². The Morgan fingerprint density at radius 3 is 2.66 bits per heavy atom. The van der Waals surface area contributed by atoms with Crippen molar-refractivity contribution < 1.29 is 13.9 Å². The average molecular weight is 516 g/mol. The maximum atomic E-state index is 13.9. The molecule has 0 saturated heterocycles. The fourth-order valence-corrected chi connectivity index (χ4v) is 3.72. The maximum absolute atomic E-state index is 13.9. The molecule has 0 atom stereocenters. The van der Waals surface area contributed by atoms with E-state index in [1.165, 1.54) is 6.07 Å². The maximum Gasteiger partial charge on any atom is 0.214 e. The number of hydrogen-bond donors (Lipinski definition) is 2. The molecule has 32 heavy (non-hydrogen) atoms. The summed E-state index contributed by atoms with van der Waals surface area (Å²) in [6.07, 6.45) is 3.39. The molecule has 0 aliphatic heterocycles. The molecule has 2 aromatic heterocycles. The lowest BCUT2D eigenvalue weighted by molar-refractivity contribution is 0.279. The van der Waals surface area contributed by atoms with Crippen molar-refractivity contribution in [1.29, 1.82) is 0 Å². The highest BCUT2D eigenvalue weighted by atomic mass is 79.9. The summed E-state index contributed by atoms with van der Waals surface area (Å²) in [6, 6.07) is 13.9. The molecular weight excluding hydrogens is 497 g/mol. The predicted molar refractivity (Wildman–Crippen MR) is 125 cm³/mol. The molecule has 7 nitrogen and oxygen atoms in total. The highest BCUT2D eigenvalue weighted by Crippen LogP contribution is 2.34. The second kappa shape index (κ2) is 9.92. The molecule has 164 valence electrons. The smallest absolute Gasteiger partial charge is 0.214 e. The van der Waals surface area contributed by atoms with E-state index < -0.39 is 0 Å². The van der Waals surface area contributed by atoms with E-state index in [0.717, 1.165) is 15.6 Å². The van der Waals surface area contributed by atoms with Crippen molar-refractivity contribution in [1.82, 2.24) is 19.9 Å². The van der Waals surface area contributed by atoms with Gasteiger partial charge in [-0.15, -0.1) is 0 Å². The second-order valence-electron chi connectivity index (χ2n) is 6.73. The number of H-pyrrole nitrogens is 1. The molecule has 2 heterocycles. The van der Waals surface area contributed by atoms with Crippen LogP contribution in [0.2, 0.25) is 0 Å². The Labute approximate surface area is 197 Å². The van der Waals surface area contributed by atoms with E-state index in [-0.39, 0.29) is 12.4 Å². The van der Waals surface area contributed by atoms with Gasteiger partial charge in [-0.05, 0) is 48.1 Å². The monoisotopic (exact) mass is 515 g/mol. The van der Waals surface area contributed by atoms with Crippen LogP contribution in [0.3, 0.4) is 0 Å². The Hall–Kier alpha value is -3.24. The Morgan fingerprint density at radius 1 is 1.12 bits per heavy atom. The fourth-order valence-electron chi connectivity index (χ4n) is 3.06. The van der Waals surface area contributed by atoms with Crippen LogP contribution in [0, 0.1) is 10.6 Å². The summed E-state index contributed by atoms with van der Waals surface area (Å²) in [5.41, 5.74) is 5.52. The standard InChI is InChI=1S/C22H19BrFN5O2S/c1-30-19-10-16(17(23)11-20(19)31-13-15-4-2-3-5-18(15)24)12-26-29-21(27-28-22(29)32)14-6-8-25-9-7-14/h2-11,26H,12-13H2,1H3,(H,28,32). The highest BCUT2D eigenvalue weighted by molar-refractivity contribution is 9.10. The van der Waals surface area contributed by atoms with E-state index in [9.17, 15) is 4.39 Å². The summed E-state index contributed by atoms with van der Waals surface area (Å²) in [7, 11) is 1.56. The largest absolute Gasteiger partial charge is 0.493 e. The van der Waals surface area contributed by atoms with E-state index in [1.807, 2.05) is 18.2 Å². The van der Waals surface area contributed by atoms with Gasteiger partial charge in [0, 0.05) is 28.0 Å². The minimum atomic E-state index is -0.312. The summed E-state index contributed by atoms with van der Waals surface area (Å²) in [6.45, 7) is 0.517. The van der Waals surface area contributed by atoms with Crippen LogP contribution in [-0.4, -0.2) is 27.0 Å². The van der Waals surface area contributed by atoms with Crippen molar-refractivity contribution >= 4 is 28.1 Å². The molecule has 2 N–H and O–H groups in total. The number of methoxy groups -OCH3 is 1. The van der Waals surface area contributed by atoms with Gasteiger partial charge in [-0.3, -0.25) is 4.98 Å². The second-order valence-corrected chi connectivity index (χ2v) is 7.97. The Morgan fingerprint density at radius 2 is 1.91 bits per heavy atom. The first-order chi connectivity index (χ1) is 15.6. The minimum Gasteiger partial charge on any atom is -0.493 e. The number of nitrogens with one attached hydrogen (secondary N) is 2. The topological polar surface area (TPSA) is 77.0 Å². The van der Waals surface area contributed by atoms with Gasteiger partial charge in [-0.25, -0.2) is 14.2 Å². The van der Waals surface area contributed by atoms with Crippen LogP contribution >= 0.6 is 28.1 Å². The summed E-state index contributed by atoms with van der Waals surface area (Å²) in [5, 5.41) is 7.10. The van der Waals surface area contributed by atoms with Crippen molar-refractivity contribution in [2.24, 2.45) is 0 Å². The van der Waals surface area contributed by atoms with Crippen molar-refractivity contribution in [3.63, 3.8) is 0 Å². The van der Waals surface area contributed by atoms with Gasteiger partial charge < -0.3 is 14.9 Å². The normalized spacial score (nSPS) is 10.7. The quantitative estimate of drug-likeness (QED) is 0.312. The van der Waals surface area contributed by atoms with Crippen LogP contribution < -0.4 is 14.9 Å². The zero-order chi connectivity index (χ0) is 22.5. The number of ether oxygens (including phenoxy) is 2. The zero-order valence-corrected chi connectivity index (χ0v) is 19.4. The average Bonchev–Trinajstić information content (AvgIpc) is 3.18. The van der Waals surface area contributed by atoms with Crippen LogP contribution in [0.4, 0.5) is 4.39 Å². The lowest BCUT2D eigenvalue weighted by Gasteiger charge is -2.16. The van der Waals surface area contributed by atoms with Gasteiger partial charge in [0.15, 0.2) is 17.3 Å². The van der Waals surface area contributed by atoms with E-state index in [4.69, 9.17) is 21.7 Å². The lowest BCUT2D eigenvalue weighted by Crippen LogP contribution is -2.16. The van der Waals surface area contributed by atoms with Crippen molar-refractivity contribution in [3.05, 3.63) is 87.1 Å². The number of nitrogens with zero attached hydrogens (tertiary/aromatic N) is 3. The predicted octanol–water partition coefficient (Wildman–Crippen LogP) is 5.24. The number of aromatic amines is 1. The molecule has 4 rings (SSSR count). The molecular formula is C22H19BrFN5O2S. The molecule has 0 bridgehead atoms. The summed E-state index contributed by atoms with van der Waals surface area (Å²) in [5.74, 6) is 1.37. The molecule has 0 aliphatic carbocycles. The van der Waals surface area contributed by atoms with E-state index in [2.05, 4.69) is 36.5 Å². The van der Waals surface area contributed by atoms with Gasteiger partial charge in [-0.2, -0.15) is 5.10 Å². The molecule has 0 amide bonds. The van der Waals surface area contributed by atoms with Crippen LogP contribution in [0.5, 0.6) is 11.5 Å².